The zero-order valence-corrected chi connectivity index (χ0v) is 8.18. The van der Waals surface area contributed by atoms with Crippen molar-refractivity contribution < 1.29 is 4.79 Å². The molecule has 3 rings (SSSR count). The van der Waals surface area contributed by atoms with Crippen molar-refractivity contribution in [1.29, 1.82) is 0 Å². The van der Waals surface area contributed by atoms with E-state index in [0.717, 1.165) is 25.2 Å². The molecule has 0 aliphatic heterocycles. The summed E-state index contributed by atoms with van der Waals surface area (Å²) in [6.45, 7) is 2.32. The molecule has 1 unspecified atom stereocenters. The largest absolute Gasteiger partial charge is 0.299 e. The minimum absolute atomic E-state index is 0.0185. The van der Waals surface area contributed by atoms with Crippen LogP contribution in [0.5, 0.6) is 0 Å². The van der Waals surface area contributed by atoms with Crippen molar-refractivity contribution in [2.45, 2.75) is 39.0 Å². The summed E-state index contributed by atoms with van der Waals surface area (Å²) in [5.74, 6) is 1.27. The van der Waals surface area contributed by atoms with E-state index in [4.69, 9.17) is 0 Å². The van der Waals surface area contributed by atoms with Crippen LogP contribution in [0.15, 0.2) is 12.2 Å². The van der Waals surface area contributed by atoms with Crippen LogP contribution in [0.4, 0.5) is 0 Å². The van der Waals surface area contributed by atoms with Gasteiger partial charge >= 0.3 is 0 Å². The van der Waals surface area contributed by atoms with Crippen molar-refractivity contribution in [2.24, 2.45) is 16.7 Å². The second-order valence-electron chi connectivity index (χ2n) is 5.06. The number of hydrogen-bond donors (Lipinski definition) is 0. The third-order valence-electron chi connectivity index (χ3n) is 4.84. The van der Waals surface area contributed by atoms with Gasteiger partial charge in [-0.05, 0) is 31.6 Å². The Morgan fingerprint density at radius 3 is 2.85 bits per heavy atom. The fourth-order valence-electron chi connectivity index (χ4n) is 3.93. The van der Waals surface area contributed by atoms with E-state index in [0.29, 0.717) is 11.2 Å². The fraction of sp³-hybridized carbons (Fsp3) is 0.750. The van der Waals surface area contributed by atoms with Crippen molar-refractivity contribution in [1.82, 2.24) is 0 Å². The Labute approximate surface area is 79.2 Å². The Morgan fingerprint density at radius 2 is 2.23 bits per heavy atom. The van der Waals surface area contributed by atoms with E-state index in [1.807, 2.05) is 0 Å². The summed E-state index contributed by atoms with van der Waals surface area (Å²) in [4.78, 5) is 11.9. The lowest BCUT2D eigenvalue weighted by Crippen LogP contribution is -2.52. The standard InChI is InChI=1S/C12H16O/c1-9-4-6-12-8-7-11(9,12)5-2-3-10(12)13/h7-9H,2-6H2,1H3/t9?,11-,12-/m1/s1. The molecule has 3 aliphatic carbocycles. The first kappa shape index (κ1) is 7.78. The van der Waals surface area contributed by atoms with Gasteiger partial charge in [0.05, 0.1) is 5.41 Å². The molecule has 1 nitrogen and oxygen atoms in total. The molecule has 0 aromatic heterocycles. The van der Waals surface area contributed by atoms with Gasteiger partial charge in [0.2, 0.25) is 0 Å². The first-order chi connectivity index (χ1) is 6.21. The van der Waals surface area contributed by atoms with Gasteiger partial charge < -0.3 is 0 Å². The maximum atomic E-state index is 11.9. The van der Waals surface area contributed by atoms with Gasteiger partial charge in [-0.1, -0.05) is 19.1 Å². The maximum absolute atomic E-state index is 11.9. The summed E-state index contributed by atoms with van der Waals surface area (Å²) in [6.07, 6.45) is 10.1. The molecule has 0 aromatic rings. The normalized spacial score (nSPS) is 52.7. The maximum Gasteiger partial charge on any atom is 0.143 e. The molecule has 0 spiro atoms. The van der Waals surface area contributed by atoms with Gasteiger partial charge in [-0.2, -0.15) is 0 Å². The molecule has 13 heavy (non-hydrogen) atoms. The Morgan fingerprint density at radius 1 is 1.38 bits per heavy atom. The van der Waals surface area contributed by atoms with Gasteiger partial charge in [0.1, 0.15) is 5.78 Å². The van der Waals surface area contributed by atoms with Crippen molar-refractivity contribution in [3.63, 3.8) is 0 Å². The molecule has 3 atom stereocenters. The van der Waals surface area contributed by atoms with Crippen LogP contribution in [0.2, 0.25) is 0 Å². The second-order valence-corrected chi connectivity index (χ2v) is 5.06. The Balaban J connectivity index is 2.12. The van der Waals surface area contributed by atoms with Gasteiger partial charge in [0.15, 0.2) is 0 Å². The van der Waals surface area contributed by atoms with Crippen molar-refractivity contribution >= 4 is 5.78 Å². The van der Waals surface area contributed by atoms with Crippen LogP contribution in [0.3, 0.4) is 0 Å². The summed E-state index contributed by atoms with van der Waals surface area (Å²) in [5.41, 5.74) is 0.326. The van der Waals surface area contributed by atoms with Crippen molar-refractivity contribution in [3.8, 4) is 0 Å². The molecular formula is C12H16O. The predicted octanol–water partition coefficient (Wildman–Crippen LogP) is 2.71. The highest BCUT2D eigenvalue weighted by Gasteiger charge is 2.65. The SMILES string of the molecule is CC1CC[C@]23C=C[C@]12CCCC3=O. The van der Waals surface area contributed by atoms with Gasteiger partial charge in [0.25, 0.3) is 0 Å². The molecule has 2 saturated carbocycles. The first-order valence-corrected chi connectivity index (χ1v) is 5.45. The van der Waals surface area contributed by atoms with Gasteiger partial charge in [0, 0.05) is 11.8 Å². The summed E-state index contributed by atoms with van der Waals surface area (Å²) in [7, 11) is 0. The molecule has 0 radical (unpaired) electrons. The third kappa shape index (κ3) is 0.619. The van der Waals surface area contributed by atoms with Crippen LogP contribution in [0.25, 0.3) is 0 Å². The van der Waals surface area contributed by atoms with Crippen LogP contribution in [0.1, 0.15) is 39.0 Å². The second kappa shape index (κ2) is 2.08. The van der Waals surface area contributed by atoms with E-state index < -0.39 is 0 Å². The summed E-state index contributed by atoms with van der Waals surface area (Å²) in [5, 5.41) is 0. The number of Topliss-reactive ketones (excluding diaryl/α,β-unsaturated/α-hetero) is 1. The molecule has 0 aromatic carbocycles. The van der Waals surface area contributed by atoms with E-state index in [9.17, 15) is 4.79 Å². The highest BCUT2D eigenvalue weighted by Crippen LogP contribution is 2.68. The Bertz CT molecular complexity index is 304. The third-order valence-corrected chi connectivity index (χ3v) is 4.84. The minimum atomic E-state index is 0.0185. The molecular weight excluding hydrogens is 160 g/mol. The molecule has 3 aliphatic rings. The van der Waals surface area contributed by atoms with Gasteiger partial charge in [-0.25, -0.2) is 0 Å². The zero-order chi connectivity index (χ0) is 9.10. The van der Waals surface area contributed by atoms with Crippen LogP contribution >= 0.6 is 0 Å². The average Bonchev–Trinajstić information content (AvgIpc) is 2.29. The van der Waals surface area contributed by atoms with Crippen molar-refractivity contribution in [3.05, 3.63) is 12.2 Å². The fourth-order valence-corrected chi connectivity index (χ4v) is 3.93. The molecule has 0 amide bonds. The minimum Gasteiger partial charge on any atom is -0.299 e. The highest BCUT2D eigenvalue weighted by molar-refractivity contribution is 5.91. The molecule has 0 bridgehead atoms. The number of carbonyl (C=O) groups excluding carboxylic acids is 1. The smallest absolute Gasteiger partial charge is 0.143 e. The highest BCUT2D eigenvalue weighted by atomic mass is 16.1. The quantitative estimate of drug-likeness (QED) is 0.519. The van der Waals surface area contributed by atoms with E-state index in [1.54, 1.807) is 0 Å². The van der Waals surface area contributed by atoms with Crippen molar-refractivity contribution in [2.75, 3.05) is 0 Å². The first-order valence-electron chi connectivity index (χ1n) is 5.45. The van der Waals surface area contributed by atoms with Gasteiger partial charge in [-0.15, -0.1) is 0 Å². The number of rotatable bonds is 0. The van der Waals surface area contributed by atoms with Gasteiger partial charge in [-0.3, -0.25) is 4.79 Å². The molecule has 0 saturated heterocycles. The predicted molar refractivity (Wildman–Crippen MR) is 51.3 cm³/mol. The average molecular weight is 176 g/mol. The zero-order valence-electron chi connectivity index (χ0n) is 8.18. The lowest BCUT2D eigenvalue weighted by Gasteiger charge is -2.53. The number of hydrogen-bond acceptors (Lipinski definition) is 1. The number of allylic oxidation sites excluding steroid dienone is 2. The van der Waals surface area contributed by atoms with Crippen LogP contribution in [-0.2, 0) is 4.79 Å². The summed E-state index contributed by atoms with van der Waals surface area (Å²) < 4.78 is 0. The van der Waals surface area contributed by atoms with E-state index in [1.165, 1.54) is 12.8 Å². The molecule has 70 valence electrons. The Kier molecular flexibility index (Phi) is 1.24. The summed E-state index contributed by atoms with van der Waals surface area (Å²) in [6, 6.07) is 0. The van der Waals surface area contributed by atoms with Crippen LogP contribution in [0, 0.1) is 16.7 Å². The molecule has 0 heterocycles. The molecule has 2 fully saturated rings. The van der Waals surface area contributed by atoms with E-state index in [2.05, 4.69) is 19.1 Å². The van der Waals surface area contributed by atoms with Crippen LogP contribution < -0.4 is 0 Å². The van der Waals surface area contributed by atoms with E-state index >= 15 is 0 Å². The lowest BCUT2D eigenvalue weighted by molar-refractivity contribution is -0.136. The molecule has 0 N–H and O–H groups in total. The molecule has 1 heteroatoms. The topological polar surface area (TPSA) is 17.1 Å². The lowest BCUT2D eigenvalue weighted by atomic mass is 9.48. The van der Waals surface area contributed by atoms with E-state index in [-0.39, 0.29) is 5.41 Å². The number of carbonyl (C=O) groups is 1. The monoisotopic (exact) mass is 176 g/mol. The summed E-state index contributed by atoms with van der Waals surface area (Å²) >= 11 is 0. The Hall–Kier alpha value is -0.590. The number of ketones is 1. The van der Waals surface area contributed by atoms with Crippen LogP contribution in [-0.4, -0.2) is 5.78 Å².